The number of amides is 2. The molecule has 6 nitrogen and oxygen atoms in total. The number of urea groups is 1. The summed E-state index contributed by atoms with van der Waals surface area (Å²) in [5.74, 6) is 0. The second-order valence-corrected chi connectivity index (χ2v) is 9.09. The highest BCUT2D eigenvalue weighted by atomic mass is 16.5. The molecule has 1 N–H and O–H groups in total. The van der Waals surface area contributed by atoms with Gasteiger partial charge in [-0.1, -0.05) is 32.9 Å². The summed E-state index contributed by atoms with van der Waals surface area (Å²) in [5, 5.41) is 3.62. The number of rotatable bonds is 1. The van der Waals surface area contributed by atoms with Crippen LogP contribution in [0.4, 0.5) is 4.79 Å². The molecule has 3 aliphatic heterocycles. The summed E-state index contributed by atoms with van der Waals surface area (Å²) < 4.78 is 11.2. The molecule has 1 aromatic carbocycles. The van der Waals surface area contributed by atoms with E-state index in [0.29, 0.717) is 39.5 Å². The van der Waals surface area contributed by atoms with Crippen LogP contribution in [0, 0.1) is 0 Å². The molecular formula is C22H33N3O3. The Kier molecular flexibility index (Phi) is 5.63. The van der Waals surface area contributed by atoms with Crippen LogP contribution in [-0.2, 0) is 27.9 Å². The van der Waals surface area contributed by atoms with Gasteiger partial charge in [-0.15, -0.1) is 0 Å². The first-order valence-electron chi connectivity index (χ1n) is 10.5. The maximum absolute atomic E-state index is 13.0. The molecule has 3 aliphatic rings. The van der Waals surface area contributed by atoms with Gasteiger partial charge in [-0.25, -0.2) is 4.79 Å². The smallest absolute Gasteiger partial charge is 0.320 e. The van der Waals surface area contributed by atoms with Crippen LogP contribution in [0.3, 0.4) is 0 Å². The predicted octanol–water partition coefficient (Wildman–Crippen LogP) is 2.46. The average Bonchev–Trinajstić information content (AvgIpc) is 2.72. The van der Waals surface area contributed by atoms with Crippen molar-refractivity contribution in [2.75, 3.05) is 52.6 Å². The molecule has 0 saturated carbocycles. The largest absolute Gasteiger partial charge is 0.378 e. The van der Waals surface area contributed by atoms with Gasteiger partial charge in [-0.3, -0.25) is 0 Å². The average molecular weight is 388 g/mol. The van der Waals surface area contributed by atoms with Gasteiger partial charge in [0.2, 0.25) is 0 Å². The monoisotopic (exact) mass is 387 g/mol. The summed E-state index contributed by atoms with van der Waals surface area (Å²) in [6.45, 7) is 13.2. The standard InChI is InChI=1S/C22H33N3O3/c1-22(2,3)17-12-16-4-6-25(21(26)24-7-10-27-11-8-24)14-19(16)18(13-17)20-15-28-9-5-23-20/h12-13,20,23H,4-11,14-15H2,1-3H3/t20-/m0/s1. The summed E-state index contributed by atoms with van der Waals surface area (Å²) in [7, 11) is 0. The van der Waals surface area contributed by atoms with Crippen molar-refractivity contribution in [1.82, 2.24) is 15.1 Å². The van der Waals surface area contributed by atoms with Crippen molar-refractivity contribution in [2.24, 2.45) is 0 Å². The summed E-state index contributed by atoms with van der Waals surface area (Å²) in [6, 6.07) is 5.04. The van der Waals surface area contributed by atoms with E-state index in [1.807, 2.05) is 9.80 Å². The predicted molar refractivity (Wildman–Crippen MR) is 109 cm³/mol. The van der Waals surface area contributed by atoms with Crippen molar-refractivity contribution in [3.8, 4) is 0 Å². The maximum Gasteiger partial charge on any atom is 0.320 e. The molecule has 3 heterocycles. The lowest BCUT2D eigenvalue weighted by molar-refractivity contribution is 0.0420. The molecule has 28 heavy (non-hydrogen) atoms. The van der Waals surface area contributed by atoms with Crippen LogP contribution >= 0.6 is 0 Å². The Morgan fingerprint density at radius 3 is 2.54 bits per heavy atom. The highest BCUT2D eigenvalue weighted by molar-refractivity contribution is 5.75. The van der Waals surface area contributed by atoms with Crippen LogP contribution in [0.25, 0.3) is 0 Å². The highest BCUT2D eigenvalue weighted by Gasteiger charge is 2.31. The number of hydrogen-bond donors (Lipinski definition) is 1. The van der Waals surface area contributed by atoms with E-state index < -0.39 is 0 Å². The van der Waals surface area contributed by atoms with Gasteiger partial charge in [0.05, 0.1) is 32.5 Å². The molecule has 6 heteroatoms. The molecular weight excluding hydrogens is 354 g/mol. The van der Waals surface area contributed by atoms with E-state index in [4.69, 9.17) is 9.47 Å². The number of ether oxygens (including phenoxy) is 2. The molecule has 154 valence electrons. The first kappa shape index (κ1) is 19.7. The van der Waals surface area contributed by atoms with Crippen LogP contribution in [-0.4, -0.2) is 68.4 Å². The third-order valence-electron chi connectivity index (χ3n) is 6.09. The molecule has 0 bridgehead atoms. The van der Waals surface area contributed by atoms with Gasteiger partial charge in [0.15, 0.2) is 0 Å². The van der Waals surface area contributed by atoms with E-state index in [1.54, 1.807) is 0 Å². The highest BCUT2D eigenvalue weighted by Crippen LogP contribution is 2.34. The molecule has 0 aromatic heterocycles. The molecule has 0 radical (unpaired) electrons. The Hall–Kier alpha value is -1.63. The first-order valence-corrected chi connectivity index (χ1v) is 10.5. The lowest BCUT2D eigenvalue weighted by atomic mass is 9.80. The third kappa shape index (κ3) is 4.04. The van der Waals surface area contributed by atoms with Crippen LogP contribution in [0.15, 0.2) is 12.1 Å². The van der Waals surface area contributed by atoms with Crippen LogP contribution < -0.4 is 5.32 Å². The quantitative estimate of drug-likeness (QED) is 0.804. The maximum atomic E-state index is 13.0. The SMILES string of the molecule is CC(C)(C)c1cc2c(c([C@@H]3COCCN3)c1)CN(C(=O)N1CCOCC1)CC2. The second-order valence-electron chi connectivity index (χ2n) is 9.09. The van der Waals surface area contributed by atoms with Crippen molar-refractivity contribution < 1.29 is 14.3 Å². The van der Waals surface area contributed by atoms with Gasteiger partial charge < -0.3 is 24.6 Å². The van der Waals surface area contributed by atoms with E-state index in [2.05, 4.69) is 38.2 Å². The molecule has 2 amide bonds. The number of carbonyl (C=O) groups excluding carboxylic acids is 1. The Labute approximate surface area is 168 Å². The third-order valence-corrected chi connectivity index (χ3v) is 6.09. The van der Waals surface area contributed by atoms with Crippen molar-refractivity contribution in [3.63, 3.8) is 0 Å². The van der Waals surface area contributed by atoms with Crippen LogP contribution in [0.1, 0.15) is 49.1 Å². The zero-order valence-corrected chi connectivity index (χ0v) is 17.4. The fraction of sp³-hybridized carbons (Fsp3) is 0.682. The number of carbonyl (C=O) groups is 1. The van der Waals surface area contributed by atoms with E-state index in [-0.39, 0.29) is 17.5 Å². The molecule has 2 saturated heterocycles. The number of hydrogen-bond acceptors (Lipinski definition) is 4. The van der Waals surface area contributed by atoms with Gasteiger partial charge in [0, 0.05) is 32.7 Å². The lowest BCUT2D eigenvalue weighted by Crippen LogP contribution is -2.49. The topological polar surface area (TPSA) is 54.0 Å². The van der Waals surface area contributed by atoms with Gasteiger partial charge >= 0.3 is 6.03 Å². The molecule has 0 unspecified atom stereocenters. The van der Waals surface area contributed by atoms with Gasteiger partial charge in [-0.05, 0) is 34.1 Å². The minimum Gasteiger partial charge on any atom is -0.378 e. The second kappa shape index (κ2) is 8.01. The van der Waals surface area contributed by atoms with Gasteiger partial charge in [-0.2, -0.15) is 0 Å². The van der Waals surface area contributed by atoms with Gasteiger partial charge in [0.1, 0.15) is 0 Å². The number of nitrogens with one attached hydrogen (secondary N) is 1. The Bertz CT molecular complexity index is 716. The summed E-state index contributed by atoms with van der Waals surface area (Å²) in [6.07, 6.45) is 0.913. The van der Waals surface area contributed by atoms with Crippen molar-refractivity contribution >= 4 is 6.03 Å². The van der Waals surface area contributed by atoms with Crippen LogP contribution in [0.2, 0.25) is 0 Å². The van der Waals surface area contributed by atoms with E-state index in [0.717, 1.165) is 26.1 Å². The number of nitrogens with zero attached hydrogens (tertiary/aromatic N) is 2. The molecule has 4 rings (SSSR count). The van der Waals surface area contributed by atoms with Crippen molar-refractivity contribution in [2.45, 2.75) is 45.2 Å². The minimum absolute atomic E-state index is 0.0973. The Morgan fingerprint density at radius 2 is 1.86 bits per heavy atom. The number of morpholine rings is 2. The van der Waals surface area contributed by atoms with Gasteiger partial charge in [0.25, 0.3) is 0 Å². The summed E-state index contributed by atoms with van der Waals surface area (Å²) in [5.41, 5.74) is 5.47. The van der Waals surface area contributed by atoms with Crippen molar-refractivity contribution in [1.29, 1.82) is 0 Å². The van der Waals surface area contributed by atoms with E-state index in [9.17, 15) is 4.79 Å². The summed E-state index contributed by atoms with van der Waals surface area (Å²) >= 11 is 0. The normalized spacial score (nSPS) is 23.5. The van der Waals surface area contributed by atoms with E-state index >= 15 is 0 Å². The van der Waals surface area contributed by atoms with Crippen molar-refractivity contribution in [3.05, 3.63) is 34.4 Å². The number of benzene rings is 1. The van der Waals surface area contributed by atoms with E-state index in [1.165, 1.54) is 22.3 Å². The fourth-order valence-corrected chi connectivity index (χ4v) is 4.32. The fourth-order valence-electron chi connectivity index (χ4n) is 4.32. The lowest BCUT2D eigenvalue weighted by Gasteiger charge is -2.38. The zero-order valence-electron chi connectivity index (χ0n) is 17.4. The van der Waals surface area contributed by atoms with Crippen LogP contribution in [0.5, 0.6) is 0 Å². The molecule has 1 atom stereocenters. The number of fused-ring (bicyclic) bond motifs is 1. The Morgan fingerprint density at radius 1 is 1.07 bits per heavy atom. The zero-order chi connectivity index (χ0) is 19.7. The molecule has 0 aliphatic carbocycles. The molecule has 2 fully saturated rings. The first-order chi connectivity index (χ1) is 13.4. The molecule has 1 aromatic rings. The summed E-state index contributed by atoms with van der Waals surface area (Å²) in [4.78, 5) is 17.0. The Balaban J connectivity index is 1.64. The molecule has 0 spiro atoms. The minimum atomic E-state index is 0.0973.